The molecular weight excluding hydrogens is 584 g/mol. The van der Waals surface area contributed by atoms with Crippen LogP contribution in [0.1, 0.15) is 85.0 Å². The zero-order valence-corrected chi connectivity index (χ0v) is 28.4. The molecule has 0 spiro atoms. The van der Waals surface area contributed by atoms with Gasteiger partial charge >= 0.3 is 11.9 Å². The van der Waals surface area contributed by atoms with Gasteiger partial charge in [-0.25, -0.2) is 4.79 Å². The molecule has 0 bridgehead atoms. The van der Waals surface area contributed by atoms with Gasteiger partial charge in [0.1, 0.15) is 18.8 Å². The lowest BCUT2D eigenvalue weighted by molar-refractivity contribution is -0.699. The Balaban J connectivity index is 1.35. The molecule has 11 nitrogen and oxygen atoms in total. The van der Waals surface area contributed by atoms with Gasteiger partial charge in [0, 0.05) is 49.4 Å². The van der Waals surface area contributed by atoms with E-state index in [1.807, 2.05) is 13.0 Å². The number of ether oxygens (including phenoxy) is 2. The van der Waals surface area contributed by atoms with E-state index in [-0.39, 0.29) is 48.8 Å². The molecule has 46 heavy (non-hydrogen) atoms. The van der Waals surface area contributed by atoms with E-state index in [9.17, 15) is 14.4 Å². The molecule has 2 heterocycles. The fourth-order valence-corrected chi connectivity index (χ4v) is 8.81. The number of carbonyl (C=O) groups is 3. The van der Waals surface area contributed by atoms with Crippen molar-refractivity contribution in [1.82, 2.24) is 5.32 Å². The molecule has 11 heteroatoms. The first kappa shape index (κ1) is 34.7. The maximum atomic E-state index is 14.2. The highest BCUT2D eigenvalue weighted by Crippen LogP contribution is 2.61. The minimum atomic E-state index is -1.84. The standard InChI is InChI=1S/C35H56N6O5/c1-5-22-11-12-27(39-6-2)24(18-22)20-45-32(44)35-31(43)26-10-8-7-9-25(26)30(42)34(35,46-35)15-13-21(3)17-28(41-33(37)38-4)23-14-16-40-29(36)19-23/h11-13,22-29,39-40H,5-10,14-20,36H2,1-4H3,(H3,37,38,41)/p+3/t22-,23?,24-,25?,26?,27+,28+,29?,34-,35-/m0/s1. The minimum absolute atomic E-state index is 0.0477. The molecule has 2 saturated heterocycles. The molecule has 0 aromatic heterocycles. The lowest BCUT2D eigenvalue weighted by Crippen LogP contribution is -2.95. The lowest BCUT2D eigenvalue weighted by atomic mass is 9.61. The Morgan fingerprint density at radius 3 is 2.61 bits per heavy atom. The zero-order chi connectivity index (χ0) is 33.1. The third kappa shape index (κ3) is 6.70. The Labute approximate surface area is 274 Å². The number of epoxide rings is 1. The van der Waals surface area contributed by atoms with Gasteiger partial charge in [0.05, 0.1) is 26.2 Å². The summed E-state index contributed by atoms with van der Waals surface area (Å²) < 4.78 is 12.3. The molecule has 4 fully saturated rings. The number of nitrogens with two attached hydrogens (primary N) is 4. The average Bonchev–Trinajstić information content (AvgIpc) is 3.77. The Morgan fingerprint density at radius 1 is 1.20 bits per heavy atom. The third-order valence-electron chi connectivity index (χ3n) is 11.6. The van der Waals surface area contributed by atoms with Gasteiger partial charge < -0.3 is 20.1 Å². The highest BCUT2D eigenvalue weighted by atomic mass is 16.7. The number of hydrogen-bond donors (Lipinski definition) is 6. The molecule has 10 atom stereocenters. The first-order chi connectivity index (χ1) is 22.1. The van der Waals surface area contributed by atoms with Crippen LogP contribution in [0.15, 0.2) is 23.8 Å². The third-order valence-corrected chi connectivity index (χ3v) is 11.6. The van der Waals surface area contributed by atoms with Gasteiger partial charge in [-0.2, -0.15) is 0 Å². The SMILES string of the molecule is CC[NH2+][C@@H]1C=C[C@H](CC)C[C@H]1COC(=O)[C@]12O[C@@]1(CC=C(C)C[C@@H](NC(N)=[NH+]C)C1CC[NH2+]C(N)C1)C(=O)C1CCCCC1C2=O. The Hall–Kier alpha value is -2.60. The minimum Gasteiger partial charge on any atom is -0.463 e. The van der Waals surface area contributed by atoms with Crippen molar-refractivity contribution in [2.45, 2.75) is 114 Å². The van der Waals surface area contributed by atoms with Crippen LogP contribution in [0.4, 0.5) is 0 Å². The number of hydrogen-bond acceptors (Lipinski definition) is 6. The van der Waals surface area contributed by atoms with Crippen LogP contribution in [0.2, 0.25) is 0 Å². The van der Waals surface area contributed by atoms with Gasteiger partial charge in [-0.05, 0) is 51.5 Å². The quantitative estimate of drug-likeness (QED) is 0.0371. The van der Waals surface area contributed by atoms with Crippen molar-refractivity contribution in [3.05, 3.63) is 23.8 Å². The van der Waals surface area contributed by atoms with E-state index < -0.39 is 29.0 Å². The van der Waals surface area contributed by atoms with Gasteiger partial charge in [0.15, 0.2) is 17.2 Å². The van der Waals surface area contributed by atoms with Gasteiger partial charge in [-0.3, -0.25) is 31.4 Å². The van der Waals surface area contributed by atoms with Crippen molar-refractivity contribution in [2.75, 3.05) is 26.7 Å². The topological polar surface area (TPSA) is 184 Å². The van der Waals surface area contributed by atoms with E-state index in [1.165, 1.54) is 0 Å². The second kappa shape index (κ2) is 14.7. The van der Waals surface area contributed by atoms with Crippen molar-refractivity contribution < 1.29 is 39.5 Å². The van der Waals surface area contributed by atoms with E-state index >= 15 is 0 Å². The fraction of sp³-hybridized carbons (Fsp3) is 0.771. The van der Waals surface area contributed by atoms with Crippen LogP contribution in [0.25, 0.3) is 0 Å². The van der Waals surface area contributed by atoms with Crippen LogP contribution in [0, 0.1) is 29.6 Å². The van der Waals surface area contributed by atoms with E-state index in [1.54, 1.807) is 7.05 Å². The number of rotatable bonds is 12. The molecule has 0 aromatic rings. The monoisotopic (exact) mass is 643 g/mol. The number of nitrogens with one attached hydrogen (secondary N) is 2. The molecule has 10 N–H and O–H groups in total. The molecule has 2 aliphatic heterocycles. The summed E-state index contributed by atoms with van der Waals surface area (Å²) in [7, 11) is 1.78. The molecule has 5 aliphatic rings. The van der Waals surface area contributed by atoms with Crippen LogP contribution in [0.3, 0.4) is 0 Å². The summed E-state index contributed by atoms with van der Waals surface area (Å²) in [6, 6.07) is 0.263. The van der Waals surface area contributed by atoms with Crippen LogP contribution in [-0.2, 0) is 23.9 Å². The van der Waals surface area contributed by atoms with Gasteiger partial charge in [0.25, 0.3) is 5.60 Å². The summed E-state index contributed by atoms with van der Waals surface area (Å²) >= 11 is 0. The number of likely N-dealkylation sites (N-methyl/N-ethyl adjacent to an activating group) is 1. The van der Waals surface area contributed by atoms with Crippen molar-refractivity contribution in [3.63, 3.8) is 0 Å². The Morgan fingerprint density at radius 2 is 1.93 bits per heavy atom. The highest BCUT2D eigenvalue weighted by Gasteiger charge is 2.86. The van der Waals surface area contributed by atoms with E-state index in [2.05, 4.69) is 46.9 Å². The van der Waals surface area contributed by atoms with Crippen LogP contribution < -0.4 is 32.4 Å². The zero-order valence-electron chi connectivity index (χ0n) is 28.4. The molecule has 2 saturated carbocycles. The number of esters is 1. The Kier molecular flexibility index (Phi) is 11.1. The second-order valence-corrected chi connectivity index (χ2v) is 14.6. The molecule has 0 amide bonds. The summed E-state index contributed by atoms with van der Waals surface area (Å²) in [5, 5.41) is 7.86. The second-order valence-electron chi connectivity index (χ2n) is 14.6. The number of allylic oxidation sites excluding steroid dienone is 1. The lowest BCUT2D eigenvalue weighted by Gasteiger charge is -2.37. The smallest absolute Gasteiger partial charge is 0.350 e. The summed E-state index contributed by atoms with van der Waals surface area (Å²) in [6.07, 6.45) is 14.3. The van der Waals surface area contributed by atoms with Crippen molar-refractivity contribution in [1.29, 1.82) is 0 Å². The predicted molar refractivity (Wildman–Crippen MR) is 174 cm³/mol. The molecular formula is C35H59N6O5+3. The fourth-order valence-electron chi connectivity index (χ4n) is 8.81. The first-order valence-electron chi connectivity index (χ1n) is 17.9. The van der Waals surface area contributed by atoms with Gasteiger partial charge in [-0.1, -0.05) is 37.5 Å². The summed E-state index contributed by atoms with van der Waals surface area (Å²) in [5.74, 6) is -0.483. The van der Waals surface area contributed by atoms with E-state index in [4.69, 9.17) is 20.9 Å². The van der Waals surface area contributed by atoms with E-state index in [0.29, 0.717) is 37.1 Å². The van der Waals surface area contributed by atoms with Gasteiger partial charge in [0.2, 0.25) is 0 Å². The maximum Gasteiger partial charge on any atom is 0.350 e. The molecule has 0 aromatic carbocycles. The molecule has 4 unspecified atom stereocenters. The highest BCUT2D eigenvalue weighted by molar-refractivity contribution is 6.23. The number of fused-ring (bicyclic) bond motifs is 2. The predicted octanol–water partition coefficient (Wildman–Crippen LogP) is -1.48. The number of carbonyl (C=O) groups excluding carboxylic acids is 3. The number of quaternary nitrogens is 2. The normalized spacial score (nSPS) is 38.5. The summed E-state index contributed by atoms with van der Waals surface area (Å²) in [6.45, 7) is 8.42. The molecule has 3 aliphatic carbocycles. The number of ketones is 2. The van der Waals surface area contributed by atoms with Crippen LogP contribution in [-0.4, -0.2) is 79.7 Å². The average molecular weight is 644 g/mol. The summed E-state index contributed by atoms with van der Waals surface area (Å²) in [5.41, 5.74) is 10.1. The van der Waals surface area contributed by atoms with Crippen molar-refractivity contribution >= 4 is 23.5 Å². The summed E-state index contributed by atoms with van der Waals surface area (Å²) in [4.78, 5) is 45.4. The van der Waals surface area contributed by atoms with Gasteiger partial charge in [-0.15, -0.1) is 0 Å². The largest absolute Gasteiger partial charge is 0.463 e. The Bertz CT molecular complexity index is 1240. The molecule has 5 rings (SSSR count). The van der Waals surface area contributed by atoms with Crippen molar-refractivity contribution in [3.8, 4) is 0 Å². The van der Waals surface area contributed by atoms with E-state index in [0.717, 1.165) is 57.2 Å². The van der Waals surface area contributed by atoms with Crippen molar-refractivity contribution in [2.24, 2.45) is 41.1 Å². The number of guanidine groups is 1. The van der Waals surface area contributed by atoms with Crippen LogP contribution >= 0.6 is 0 Å². The van der Waals surface area contributed by atoms with Crippen LogP contribution in [0.5, 0.6) is 0 Å². The maximum absolute atomic E-state index is 14.2. The number of piperidine rings is 1. The molecule has 0 radical (unpaired) electrons. The number of Topliss-reactive ketones (excluding diaryl/α,β-unsaturated/α-hetero) is 2. The molecule has 256 valence electrons. The first-order valence-corrected chi connectivity index (χ1v) is 17.9.